The highest BCUT2D eigenvalue weighted by atomic mass is 79.9. The topological polar surface area (TPSA) is 55.1 Å². The van der Waals surface area contributed by atoms with Crippen molar-refractivity contribution in [1.82, 2.24) is 9.78 Å². The maximum atomic E-state index is 13.4. The predicted molar refractivity (Wildman–Crippen MR) is 76.9 cm³/mol. The first-order valence-corrected chi connectivity index (χ1v) is 6.79. The van der Waals surface area contributed by atoms with Crippen molar-refractivity contribution in [3.63, 3.8) is 0 Å². The fraction of sp³-hybridized carbons (Fsp3) is 0.286. The maximum absolute atomic E-state index is 13.4. The molecular formula is C14H14BrFN2O2. The fourth-order valence-corrected chi connectivity index (χ4v) is 2.99. The largest absolute Gasteiger partial charge is 0.476 e. The minimum Gasteiger partial charge on any atom is -0.476 e. The Hall–Kier alpha value is -1.69. The fourth-order valence-electron chi connectivity index (χ4n) is 1.98. The van der Waals surface area contributed by atoms with E-state index in [4.69, 9.17) is 0 Å². The summed E-state index contributed by atoms with van der Waals surface area (Å²) in [6.07, 6.45) is 0. The Bertz CT molecular complexity index is 674. The third-order valence-corrected chi connectivity index (χ3v) is 3.54. The number of aromatic nitrogens is 2. The lowest BCUT2D eigenvalue weighted by atomic mass is 9.91. The van der Waals surface area contributed by atoms with Crippen LogP contribution in [0.25, 0.3) is 5.69 Å². The van der Waals surface area contributed by atoms with Gasteiger partial charge in [0.05, 0.1) is 15.9 Å². The molecule has 0 atom stereocenters. The van der Waals surface area contributed by atoms with Crippen LogP contribution < -0.4 is 0 Å². The molecule has 1 heterocycles. The zero-order valence-electron chi connectivity index (χ0n) is 11.3. The van der Waals surface area contributed by atoms with Crippen LogP contribution in [-0.2, 0) is 5.41 Å². The first-order valence-electron chi connectivity index (χ1n) is 6.00. The van der Waals surface area contributed by atoms with Gasteiger partial charge in [-0.25, -0.2) is 13.9 Å². The van der Waals surface area contributed by atoms with Crippen molar-refractivity contribution in [2.24, 2.45) is 0 Å². The normalized spacial score (nSPS) is 11.7. The van der Waals surface area contributed by atoms with Gasteiger partial charge in [0.15, 0.2) is 5.69 Å². The first-order chi connectivity index (χ1) is 9.21. The van der Waals surface area contributed by atoms with E-state index in [1.165, 1.54) is 16.8 Å². The Morgan fingerprint density at radius 3 is 2.55 bits per heavy atom. The minimum absolute atomic E-state index is 0.0841. The molecule has 1 aromatic carbocycles. The van der Waals surface area contributed by atoms with Gasteiger partial charge in [0, 0.05) is 5.41 Å². The van der Waals surface area contributed by atoms with Gasteiger partial charge in [-0.1, -0.05) is 26.8 Å². The van der Waals surface area contributed by atoms with Gasteiger partial charge in [0.25, 0.3) is 0 Å². The zero-order chi connectivity index (χ0) is 15.1. The summed E-state index contributed by atoms with van der Waals surface area (Å²) in [5, 5.41) is 13.3. The highest BCUT2D eigenvalue weighted by Gasteiger charge is 2.29. The molecule has 0 amide bonds. The van der Waals surface area contributed by atoms with Gasteiger partial charge < -0.3 is 5.11 Å². The summed E-state index contributed by atoms with van der Waals surface area (Å²) in [6, 6.07) is 5.90. The molecule has 0 saturated heterocycles. The summed E-state index contributed by atoms with van der Waals surface area (Å²) in [4.78, 5) is 11.2. The monoisotopic (exact) mass is 340 g/mol. The number of rotatable bonds is 2. The number of hydrogen-bond acceptors (Lipinski definition) is 2. The average Bonchev–Trinajstić information content (AvgIpc) is 2.66. The summed E-state index contributed by atoms with van der Waals surface area (Å²) in [6.45, 7) is 5.82. The lowest BCUT2D eigenvalue weighted by Gasteiger charge is -2.21. The molecule has 6 heteroatoms. The Kier molecular flexibility index (Phi) is 3.69. The van der Waals surface area contributed by atoms with Crippen molar-refractivity contribution in [1.29, 1.82) is 0 Å². The second kappa shape index (κ2) is 5.01. The quantitative estimate of drug-likeness (QED) is 0.905. The predicted octanol–water partition coefficient (Wildman–Crippen LogP) is 3.77. The first kappa shape index (κ1) is 14.7. The van der Waals surface area contributed by atoms with Crippen LogP contribution in [0, 0.1) is 5.82 Å². The number of carboxylic acids is 1. The van der Waals surface area contributed by atoms with Crippen molar-refractivity contribution in [2.45, 2.75) is 26.2 Å². The van der Waals surface area contributed by atoms with E-state index in [9.17, 15) is 14.3 Å². The molecule has 0 saturated carbocycles. The van der Waals surface area contributed by atoms with Crippen LogP contribution in [0.1, 0.15) is 37.0 Å². The third kappa shape index (κ3) is 2.60. The molecular weight excluding hydrogens is 327 g/mol. The highest BCUT2D eigenvalue weighted by Crippen LogP contribution is 2.34. The van der Waals surface area contributed by atoms with E-state index >= 15 is 0 Å². The molecule has 2 rings (SSSR count). The second-order valence-electron chi connectivity index (χ2n) is 5.46. The van der Waals surface area contributed by atoms with Gasteiger partial charge in [-0.2, -0.15) is 5.10 Å². The number of halogens is 2. The van der Waals surface area contributed by atoms with Gasteiger partial charge in [-0.05, 0) is 34.1 Å². The van der Waals surface area contributed by atoms with Crippen LogP contribution in [0.3, 0.4) is 0 Å². The van der Waals surface area contributed by atoms with E-state index in [2.05, 4.69) is 21.0 Å². The number of carbonyl (C=O) groups is 1. The molecule has 0 aliphatic rings. The van der Waals surface area contributed by atoms with E-state index in [0.717, 1.165) is 0 Å². The van der Waals surface area contributed by atoms with E-state index in [-0.39, 0.29) is 11.1 Å². The molecule has 4 nitrogen and oxygen atoms in total. The Morgan fingerprint density at radius 1 is 1.40 bits per heavy atom. The minimum atomic E-state index is -1.13. The third-order valence-electron chi connectivity index (χ3n) is 2.79. The Labute approximate surface area is 124 Å². The van der Waals surface area contributed by atoms with E-state index in [1.54, 1.807) is 12.1 Å². The van der Waals surface area contributed by atoms with Gasteiger partial charge in [0.1, 0.15) is 5.82 Å². The lowest BCUT2D eigenvalue weighted by Crippen LogP contribution is -2.18. The summed E-state index contributed by atoms with van der Waals surface area (Å²) in [7, 11) is 0. The van der Waals surface area contributed by atoms with Crippen LogP contribution in [-0.4, -0.2) is 20.9 Å². The van der Waals surface area contributed by atoms with Gasteiger partial charge in [-0.15, -0.1) is 0 Å². The lowest BCUT2D eigenvalue weighted by molar-refractivity contribution is 0.0689. The number of hydrogen-bond donors (Lipinski definition) is 1. The van der Waals surface area contributed by atoms with Crippen molar-refractivity contribution < 1.29 is 14.3 Å². The molecule has 1 N–H and O–H groups in total. The van der Waals surface area contributed by atoms with Crippen molar-refractivity contribution in [3.8, 4) is 5.69 Å². The molecule has 0 aliphatic carbocycles. The van der Waals surface area contributed by atoms with Crippen molar-refractivity contribution >= 4 is 21.9 Å². The smallest absolute Gasteiger partial charge is 0.357 e. The number of aromatic carboxylic acids is 1. The molecule has 20 heavy (non-hydrogen) atoms. The molecule has 0 aliphatic heterocycles. The Balaban J connectivity index is 2.75. The highest BCUT2D eigenvalue weighted by molar-refractivity contribution is 9.10. The van der Waals surface area contributed by atoms with E-state index < -0.39 is 11.8 Å². The molecule has 1 aromatic heterocycles. The van der Waals surface area contributed by atoms with Crippen LogP contribution >= 0.6 is 15.9 Å². The van der Waals surface area contributed by atoms with Crippen molar-refractivity contribution in [3.05, 3.63) is 45.9 Å². The van der Waals surface area contributed by atoms with Crippen LogP contribution in [0.15, 0.2) is 28.7 Å². The maximum Gasteiger partial charge on any atom is 0.357 e. The number of carboxylic acid groups (broad SMARTS) is 1. The summed E-state index contributed by atoms with van der Waals surface area (Å²) >= 11 is 3.30. The molecule has 2 aromatic rings. The zero-order valence-corrected chi connectivity index (χ0v) is 12.9. The van der Waals surface area contributed by atoms with E-state index in [0.29, 0.717) is 15.9 Å². The molecule has 0 fully saturated rings. The average molecular weight is 341 g/mol. The molecule has 106 valence electrons. The molecule has 0 radical (unpaired) electrons. The van der Waals surface area contributed by atoms with Crippen LogP contribution in [0.2, 0.25) is 0 Å². The van der Waals surface area contributed by atoms with Gasteiger partial charge in [-0.3, -0.25) is 0 Å². The summed E-state index contributed by atoms with van der Waals surface area (Å²) in [5.74, 6) is -1.52. The molecule has 0 spiro atoms. The number of nitrogens with zero attached hydrogens (tertiary/aromatic N) is 2. The van der Waals surface area contributed by atoms with Crippen LogP contribution in [0.5, 0.6) is 0 Å². The van der Waals surface area contributed by atoms with E-state index in [1.807, 2.05) is 20.8 Å². The van der Waals surface area contributed by atoms with Crippen molar-refractivity contribution in [2.75, 3.05) is 0 Å². The second-order valence-corrected chi connectivity index (χ2v) is 6.25. The van der Waals surface area contributed by atoms with Gasteiger partial charge >= 0.3 is 5.97 Å². The molecule has 0 bridgehead atoms. The summed E-state index contributed by atoms with van der Waals surface area (Å²) in [5.41, 5.74) is 0.731. The Morgan fingerprint density at radius 2 is 2.05 bits per heavy atom. The SMILES string of the molecule is CC(C)(C)c1c(Br)c(C(=O)O)nn1-c1cccc(F)c1. The van der Waals surface area contributed by atoms with Gasteiger partial charge in [0.2, 0.25) is 0 Å². The summed E-state index contributed by atoms with van der Waals surface area (Å²) < 4.78 is 15.3. The van der Waals surface area contributed by atoms with Crippen LogP contribution in [0.4, 0.5) is 4.39 Å². The standard InChI is InChI=1S/C14H14BrFN2O2/c1-14(2,3)12-10(15)11(13(19)20)17-18(12)9-6-4-5-8(16)7-9/h4-7H,1-3H3,(H,19,20). The molecule has 0 unspecified atom stereocenters. The number of benzene rings is 1.